The van der Waals surface area contributed by atoms with Crippen LogP contribution < -0.4 is 105 Å². The fourth-order valence-corrected chi connectivity index (χ4v) is 48.6. The zero-order valence-electron chi connectivity index (χ0n) is 93.8. The number of hydrogen-bond donors (Lipinski definition) is 2. The molecule has 8 aromatic carbocycles. The second-order valence-corrected chi connectivity index (χ2v) is 78.1. The van der Waals surface area contributed by atoms with Crippen molar-refractivity contribution < 1.29 is 133 Å². The minimum Gasteiger partial charge on any atom is -1.00 e. The van der Waals surface area contributed by atoms with E-state index < -0.39 is 89.8 Å². The van der Waals surface area contributed by atoms with Crippen LogP contribution in [0, 0.1) is 75.2 Å². The van der Waals surface area contributed by atoms with Crippen LogP contribution in [0.5, 0.6) is 51.7 Å². The Labute approximate surface area is 911 Å². The summed E-state index contributed by atoms with van der Waals surface area (Å²) in [5, 5.41) is 25.2. The number of phenolic OH excluding ortho intramolecular Hbond substituents is 1. The third-order valence-electron chi connectivity index (χ3n) is 27.6. The number of aliphatic hydroxyl groups excluding tert-OH is 1. The van der Waals surface area contributed by atoms with Crippen LogP contribution in [0.2, 0.25) is 6.82 Å². The Kier molecular flexibility index (Phi) is 46.5. The molecule has 8 aromatic rings. The first kappa shape index (κ1) is 131. The summed E-state index contributed by atoms with van der Waals surface area (Å²) in [6.07, 6.45) is 15.5. The summed E-state index contributed by atoms with van der Waals surface area (Å²) >= 11 is 0.0932. The number of benzene rings is 8. The van der Waals surface area contributed by atoms with E-state index in [9.17, 15) is 41.0 Å². The Bertz CT molecular complexity index is 5570. The molecule has 0 radical (unpaired) electrons. The van der Waals surface area contributed by atoms with Crippen molar-refractivity contribution in [3.8, 4) is 51.7 Å². The molecule has 9 heterocycles. The van der Waals surface area contributed by atoms with Gasteiger partial charge in [0, 0.05) is 44.4 Å². The summed E-state index contributed by atoms with van der Waals surface area (Å²) in [5.74, 6) is 7.63. The van der Waals surface area contributed by atoms with Gasteiger partial charge in [-0.25, -0.2) is 0 Å². The number of aryl methyl sites for hydroxylation is 7. The Hall–Kier alpha value is -4.50. The molecule has 4 unspecified atom stereocenters. The molecule has 2 N–H and O–H groups in total. The van der Waals surface area contributed by atoms with Crippen LogP contribution in [-0.2, 0) is 47.2 Å². The quantitative estimate of drug-likeness (QED) is 0.0396. The van der Waals surface area contributed by atoms with Crippen LogP contribution in [0.15, 0.2) is 170 Å². The van der Waals surface area contributed by atoms with E-state index in [0.29, 0.717) is 39.5 Å². The molecule has 1 fully saturated rings. The molecule has 147 heavy (non-hydrogen) atoms. The van der Waals surface area contributed by atoms with Crippen molar-refractivity contribution in [1.82, 2.24) is 0 Å². The summed E-state index contributed by atoms with van der Waals surface area (Å²) in [4.78, 5) is 0. The second kappa shape index (κ2) is 52.1. The van der Waals surface area contributed by atoms with Gasteiger partial charge in [0.1, 0.15) is 63.6 Å². The predicted octanol–water partition coefficient (Wildman–Crippen LogP) is 22.8. The summed E-state index contributed by atoms with van der Waals surface area (Å²) in [6, 6.07) is 48.5. The second-order valence-electron chi connectivity index (χ2n) is 46.6. The topological polar surface area (TPSA) is 209 Å². The molecule has 11 aliphatic rings. The average Bonchev–Trinajstić information content (AvgIpc) is 1.53. The normalized spacial score (nSPS) is 25.5. The van der Waals surface area contributed by atoms with Gasteiger partial charge in [0.15, 0.2) is 63.4 Å². The summed E-state index contributed by atoms with van der Waals surface area (Å²) in [6.45, 7) is 76.8. The van der Waals surface area contributed by atoms with Gasteiger partial charge in [-0.05, 0) is 254 Å². The van der Waals surface area contributed by atoms with E-state index in [2.05, 4.69) is 222 Å². The largest absolute Gasteiger partial charge is 3.00 e. The minimum absolute atomic E-state index is 0. The molecule has 0 aromatic heterocycles. The first-order valence-corrected chi connectivity index (χ1v) is 68.8. The average molecular weight is 2400 g/mol. The summed E-state index contributed by atoms with van der Waals surface area (Å²) in [7, 11) is -17.0. The molecule has 1 saturated heterocycles. The van der Waals surface area contributed by atoms with Crippen molar-refractivity contribution in [2.24, 2.45) is 11.8 Å². The van der Waals surface area contributed by atoms with Crippen molar-refractivity contribution >= 4 is 129 Å². The van der Waals surface area contributed by atoms with Crippen LogP contribution >= 0.6 is 67.1 Å². The number of rotatable bonds is 6. The maximum atomic E-state index is 14.9. The molecule has 0 spiro atoms. The van der Waals surface area contributed by atoms with Gasteiger partial charge in [0.05, 0.1) is 53.5 Å². The fraction of sp³-hybridized carbons (Fsp3) is 0.522. The Morgan fingerprint density at radius 2 is 0.755 bits per heavy atom. The molecule has 2 bridgehead atoms. The van der Waals surface area contributed by atoms with Crippen LogP contribution in [0.1, 0.15) is 245 Å². The predicted molar refractivity (Wildman–Crippen MR) is 621 cm³/mol. The molecule has 16 nitrogen and oxygen atoms in total. The number of halogens is 5. The molecule has 16 atom stereocenters. The first-order chi connectivity index (χ1) is 66.3. The number of aromatic hydroxyl groups is 1. The monoisotopic (exact) mass is 2400 g/mol. The number of allylic oxidation sites excluding steroid dienone is 4. The fourth-order valence-electron chi connectivity index (χ4n) is 20.3. The van der Waals surface area contributed by atoms with Crippen LogP contribution in [0.3, 0.4) is 0 Å². The Balaban J connectivity index is 0.000000266. The summed E-state index contributed by atoms with van der Waals surface area (Å²) in [5.41, 5.74) is 8.44. The molecule has 812 valence electrons. The van der Waals surface area contributed by atoms with Gasteiger partial charge < -0.3 is 90.7 Å². The molecular formula is C113H167B3F4IO16P9Rh+. The molecule has 19 rings (SSSR count). The smallest absolute Gasteiger partial charge is 1.00 e. The number of hydrogen-bond acceptors (Lipinski definition) is 16. The number of fused-ring (bicyclic) bond motifs is 10. The Morgan fingerprint density at radius 3 is 1.03 bits per heavy atom. The van der Waals surface area contributed by atoms with E-state index in [-0.39, 0.29) is 132 Å². The van der Waals surface area contributed by atoms with Crippen molar-refractivity contribution in [3.63, 3.8) is 0 Å². The van der Waals surface area contributed by atoms with E-state index in [4.69, 9.17) is 47.7 Å². The molecule has 9 aliphatic heterocycles. The zero-order chi connectivity index (χ0) is 107. The van der Waals surface area contributed by atoms with Crippen LogP contribution in [0.4, 0.5) is 12.9 Å². The van der Waals surface area contributed by atoms with E-state index >= 15 is 0 Å². The third kappa shape index (κ3) is 28.6. The standard InChI is InChI=1S/C24H32O4P2.2C24H32O2P2.C12H17O2P.C11H15O3P.C7H8.C6H12O.C2H6O.CH5B2IOP.2CH3.BF3.FH.Rh/c1-15-11-9-13-17-19(15)29(25,23(3,4)5)21(27-17)22-28-18-14-10-12-16(2)20(18)30(22,26)24(6,7)8;2*1-15-11-9-13-17-19(15)27(23(3,4)5)21(25-17)22-26-18-14-10-12-16(2)20(18)28(22)24(6,7)8;1-9-6-5-7-10-11(9)15(13,8-14-10)12(2,3)4;1-11(2,3)15(13)7-14-9-6-4-5-8(12)10(9)15;1-2-7-4-3-6(1)5-7;1-2-6-4-3-5-7-6;1-2-3;1-3(2-5)4-6;;;2-1(3)4;;/h9-14,21-22H,1-8H3;2*9-14,21-22H,1-8H3;5-7H,8H2,1-4H3;4-6,12H,7H2,1-3H3;1-4,6-7H,5H2;6H,2-5H2,1H3;3H,2H2,1H3;6H2,1H3;2*1H3;;1H;/q;;;;;;;;3*-1;;;+3/p+1/t21-,22-,29+,30+;21-,22-,27?,28?;21-,22-,27-,28-;2*15-;;;;;;;;;/m00000........./s1. The van der Waals surface area contributed by atoms with Gasteiger partial charge in [-0.15, -0.1) is 0 Å². The third-order valence-corrected chi connectivity index (χ3v) is 63.2. The van der Waals surface area contributed by atoms with Gasteiger partial charge in [-0.3, -0.25) is 12.9 Å². The molecule has 0 saturated carbocycles. The van der Waals surface area contributed by atoms with Gasteiger partial charge in [-0.2, -0.15) is 0 Å². The number of phenols is 1. The molecule has 2 aliphatic carbocycles. The van der Waals surface area contributed by atoms with Crippen LogP contribution in [0.25, 0.3) is 0 Å². The summed E-state index contributed by atoms with van der Waals surface area (Å²) < 4.78 is 151. The van der Waals surface area contributed by atoms with Gasteiger partial charge in [0.2, 0.25) is 0 Å². The minimum atomic E-state index is -3.67. The molecule has 34 heteroatoms. The SMILES string of the molecule is C1=CC2C=CC1C2.CB(B=O)[I-]P.CC(C)(C)[P@]1(=O)COc2cccc(O)c21.CCC1CCCO1.CCO.Cc1cccc2c1[P@](=O)(C(C)(C)C)CO2.Cc1cccc2c1[P@](=O)(C(C)(C)C)[C@@H]([C@H]1Oc3cccc(C)c3[P@]1(=O)C(C)(C)C)O2.Cc1cccc2c1[P@](C(C)(C)C)[C@@H]([C@H]1Oc3cccc(C)c3[P@]1C(C)(C)C)O2.Cc1cccc2c1[PH+](C(C)(C)C)[C@@H]([C@H]1Oc3cccc(C)c3[PH+]1C(C)(C)C)O2.FB(F)F.[CH3-].[CH3-].[F-].[Rh+3]. The maximum absolute atomic E-state index is 14.9. The van der Waals surface area contributed by atoms with Gasteiger partial charge >= 0.3 is 77.4 Å². The van der Waals surface area contributed by atoms with E-state index in [1.54, 1.807) is 25.1 Å². The van der Waals surface area contributed by atoms with Crippen molar-refractivity contribution in [2.75, 3.05) is 25.9 Å². The molecule has 0 amide bonds. The van der Waals surface area contributed by atoms with Crippen LogP contribution in [-0.4, -0.2) is 138 Å². The number of ether oxygens (including phenoxy) is 9. The van der Waals surface area contributed by atoms with E-state index in [1.165, 1.54) is 69.2 Å². The molecular weight excluding hydrogens is 2230 g/mol. The zero-order valence-corrected chi connectivity index (χ0v) is 106. The first-order valence-electron chi connectivity index (χ1n) is 50.1. The maximum Gasteiger partial charge on any atom is 3.00 e. The number of aliphatic hydroxyl groups is 1. The van der Waals surface area contributed by atoms with Gasteiger partial charge in [-0.1, -0.05) is 247 Å². The van der Waals surface area contributed by atoms with E-state index in [0.717, 1.165) is 86.8 Å². The Morgan fingerprint density at radius 1 is 0.449 bits per heavy atom. The van der Waals surface area contributed by atoms with Crippen molar-refractivity contribution in [3.05, 3.63) is 224 Å². The van der Waals surface area contributed by atoms with E-state index in [1.807, 2.05) is 165 Å². The van der Waals surface area contributed by atoms with Crippen molar-refractivity contribution in [2.45, 2.75) is 343 Å². The van der Waals surface area contributed by atoms with Gasteiger partial charge in [0.25, 0.3) is 11.7 Å². The van der Waals surface area contributed by atoms with Crippen molar-refractivity contribution in [1.29, 1.82) is 0 Å².